The normalized spacial score (nSPS) is 26.9. The first kappa shape index (κ1) is 20.8. The highest BCUT2D eigenvalue weighted by atomic mass is 32.2. The molecule has 1 saturated carbocycles. The van der Waals surface area contributed by atoms with Gasteiger partial charge in [0.15, 0.2) is 14.9 Å². The fourth-order valence-corrected chi connectivity index (χ4v) is 5.40. The van der Waals surface area contributed by atoms with Gasteiger partial charge in [-0.15, -0.1) is 0 Å². The number of nitrogens with zero attached hydrogens (tertiary/aromatic N) is 3. The number of anilines is 1. The molecule has 4 rings (SSSR count). The van der Waals surface area contributed by atoms with Crippen LogP contribution in [-0.4, -0.2) is 56.8 Å². The number of carbonyl (C=O) groups is 1. The molecule has 1 aliphatic carbocycles. The average Bonchev–Trinajstić information content (AvgIpc) is 3.04. The Labute approximate surface area is 178 Å². The van der Waals surface area contributed by atoms with Crippen molar-refractivity contribution in [3.8, 4) is 0 Å². The van der Waals surface area contributed by atoms with E-state index < -0.39 is 9.84 Å². The predicted molar refractivity (Wildman–Crippen MR) is 116 cm³/mol. The van der Waals surface area contributed by atoms with Gasteiger partial charge in [-0.3, -0.25) is 9.80 Å². The minimum atomic E-state index is -3.37. The molecule has 2 aliphatic rings. The summed E-state index contributed by atoms with van der Waals surface area (Å²) in [5.74, 6) is 0. The van der Waals surface area contributed by atoms with Crippen molar-refractivity contribution in [3.63, 3.8) is 0 Å². The lowest BCUT2D eigenvalue weighted by Gasteiger charge is -2.48. The van der Waals surface area contributed by atoms with E-state index >= 15 is 0 Å². The second kappa shape index (κ2) is 7.35. The molecule has 2 fully saturated rings. The monoisotopic (exact) mass is 428 g/mol. The minimum absolute atomic E-state index is 0.0110. The molecule has 2 aromatic rings. The number of amides is 2. The first-order valence-corrected chi connectivity index (χ1v) is 12.0. The summed E-state index contributed by atoms with van der Waals surface area (Å²) in [4.78, 5) is 20.8. The molecule has 0 bridgehead atoms. The van der Waals surface area contributed by atoms with Gasteiger partial charge in [0.05, 0.1) is 24.0 Å². The predicted octanol–water partition coefficient (Wildman–Crippen LogP) is 2.78. The van der Waals surface area contributed by atoms with Crippen molar-refractivity contribution in [2.45, 2.75) is 41.8 Å². The summed E-state index contributed by atoms with van der Waals surface area (Å²) >= 11 is 0. The van der Waals surface area contributed by atoms with Crippen molar-refractivity contribution in [1.29, 1.82) is 0 Å². The lowest BCUT2D eigenvalue weighted by Crippen LogP contribution is -2.54. The largest absolute Gasteiger partial charge is 0.330 e. The minimum Gasteiger partial charge on any atom is -0.330 e. The van der Waals surface area contributed by atoms with E-state index in [1.54, 1.807) is 11.0 Å². The van der Waals surface area contributed by atoms with Gasteiger partial charge in [-0.1, -0.05) is 30.3 Å². The summed E-state index contributed by atoms with van der Waals surface area (Å²) in [6, 6.07) is 13.5. The first-order valence-electron chi connectivity index (χ1n) is 10.1. The lowest BCUT2D eigenvalue weighted by atomic mass is 9.69. The standard InChI is InChI=1S/C22H28N4O3S/c1-25(2)22(17-7-5-4-6-8-17)13-11-21(12-14-22)16-26(20(27)24-21)18-9-10-19(23-15-18)30(3,28)29/h4-10,15H,11-14,16H2,1-3H3,(H,24,27). The van der Waals surface area contributed by atoms with Crippen LogP contribution in [0, 0.1) is 0 Å². The van der Waals surface area contributed by atoms with Crippen LogP contribution in [0.3, 0.4) is 0 Å². The van der Waals surface area contributed by atoms with Crippen molar-refractivity contribution in [1.82, 2.24) is 15.2 Å². The van der Waals surface area contributed by atoms with Crippen molar-refractivity contribution < 1.29 is 13.2 Å². The Balaban J connectivity index is 1.53. The lowest BCUT2D eigenvalue weighted by molar-refractivity contribution is 0.0658. The highest BCUT2D eigenvalue weighted by Crippen LogP contribution is 2.46. The smallest absolute Gasteiger partial charge is 0.322 e. The van der Waals surface area contributed by atoms with Gasteiger partial charge in [0.25, 0.3) is 0 Å². The molecule has 1 aromatic heterocycles. The molecule has 0 radical (unpaired) electrons. The van der Waals surface area contributed by atoms with Crippen LogP contribution in [0.1, 0.15) is 31.2 Å². The van der Waals surface area contributed by atoms with E-state index in [2.05, 4.69) is 53.6 Å². The van der Waals surface area contributed by atoms with Gasteiger partial charge in [0, 0.05) is 11.8 Å². The number of rotatable bonds is 4. The number of urea groups is 1. The van der Waals surface area contributed by atoms with Crippen molar-refractivity contribution >= 4 is 21.6 Å². The zero-order valence-electron chi connectivity index (χ0n) is 17.6. The molecule has 1 saturated heterocycles. The van der Waals surface area contributed by atoms with E-state index in [9.17, 15) is 13.2 Å². The fourth-order valence-electron chi connectivity index (χ4n) is 4.84. The van der Waals surface area contributed by atoms with E-state index in [0.29, 0.717) is 12.2 Å². The number of sulfone groups is 1. The SMILES string of the molecule is CN(C)C1(c2ccccc2)CCC2(CC1)CN(c1ccc(S(C)(=O)=O)nc1)C(=O)N2. The van der Waals surface area contributed by atoms with Gasteiger partial charge in [0.2, 0.25) is 0 Å². The molecule has 2 amide bonds. The maximum Gasteiger partial charge on any atom is 0.322 e. The van der Waals surface area contributed by atoms with E-state index in [1.165, 1.54) is 17.8 Å². The van der Waals surface area contributed by atoms with Crippen LogP contribution in [-0.2, 0) is 15.4 Å². The van der Waals surface area contributed by atoms with Gasteiger partial charge in [-0.25, -0.2) is 18.2 Å². The van der Waals surface area contributed by atoms with E-state index in [1.807, 2.05) is 6.07 Å². The molecule has 30 heavy (non-hydrogen) atoms. The van der Waals surface area contributed by atoms with Gasteiger partial charge < -0.3 is 5.32 Å². The van der Waals surface area contributed by atoms with Gasteiger partial charge in [0.1, 0.15) is 0 Å². The third-order valence-corrected chi connectivity index (χ3v) is 7.69. The van der Waals surface area contributed by atoms with Gasteiger partial charge >= 0.3 is 6.03 Å². The quantitative estimate of drug-likeness (QED) is 0.810. The Bertz CT molecular complexity index is 1030. The van der Waals surface area contributed by atoms with Crippen LogP contribution in [0.5, 0.6) is 0 Å². The molecule has 2 heterocycles. The molecule has 1 aromatic carbocycles. The third kappa shape index (κ3) is 3.58. The van der Waals surface area contributed by atoms with Crippen LogP contribution in [0.15, 0.2) is 53.7 Å². The zero-order chi connectivity index (χ0) is 21.6. The molecule has 1 aliphatic heterocycles. The molecule has 160 valence electrons. The molecular weight excluding hydrogens is 400 g/mol. The van der Waals surface area contributed by atoms with Crippen LogP contribution < -0.4 is 10.2 Å². The topological polar surface area (TPSA) is 82.6 Å². The number of aromatic nitrogens is 1. The molecule has 0 unspecified atom stereocenters. The fraction of sp³-hybridized carbons (Fsp3) is 0.455. The summed E-state index contributed by atoms with van der Waals surface area (Å²) in [6.07, 6.45) is 6.23. The Morgan fingerprint density at radius 3 is 2.23 bits per heavy atom. The summed E-state index contributed by atoms with van der Waals surface area (Å²) in [5, 5.41) is 3.22. The molecule has 8 heteroatoms. The number of hydrogen-bond donors (Lipinski definition) is 1. The average molecular weight is 429 g/mol. The van der Waals surface area contributed by atoms with Crippen LogP contribution in [0.4, 0.5) is 10.5 Å². The Morgan fingerprint density at radius 2 is 1.70 bits per heavy atom. The van der Waals surface area contributed by atoms with Gasteiger partial charge in [-0.2, -0.15) is 0 Å². The zero-order valence-corrected chi connectivity index (χ0v) is 18.4. The molecule has 1 N–H and O–H groups in total. The van der Waals surface area contributed by atoms with Crippen molar-refractivity contribution in [3.05, 3.63) is 54.2 Å². The number of nitrogens with one attached hydrogen (secondary N) is 1. The summed E-state index contributed by atoms with van der Waals surface area (Å²) in [7, 11) is 0.883. The number of pyridine rings is 1. The molecule has 0 atom stereocenters. The number of benzene rings is 1. The maximum atomic E-state index is 12.8. The highest BCUT2D eigenvalue weighted by molar-refractivity contribution is 7.90. The summed E-state index contributed by atoms with van der Waals surface area (Å²) < 4.78 is 23.3. The number of carbonyl (C=O) groups excluding carboxylic acids is 1. The van der Waals surface area contributed by atoms with E-state index in [0.717, 1.165) is 31.9 Å². The van der Waals surface area contributed by atoms with Crippen molar-refractivity contribution in [2.75, 3.05) is 31.8 Å². The van der Waals surface area contributed by atoms with Crippen LogP contribution in [0.25, 0.3) is 0 Å². The summed E-state index contributed by atoms with van der Waals surface area (Å²) in [5.41, 5.74) is 1.61. The van der Waals surface area contributed by atoms with E-state index in [4.69, 9.17) is 0 Å². The van der Waals surface area contributed by atoms with E-state index in [-0.39, 0.29) is 22.1 Å². The van der Waals surface area contributed by atoms with Crippen LogP contribution in [0.2, 0.25) is 0 Å². The third-order valence-electron chi connectivity index (χ3n) is 6.69. The molecular formula is C22H28N4O3S. The van der Waals surface area contributed by atoms with Gasteiger partial charge in [-0.05, 0) is 57.5 Å². The Hall–Kier alpha value is -2.45. The second-order valence-corrected chi connectivity index (χ2v) is 10.7. The number of hydrogen-bond acceptors (Lipinski definition) is 5. The first-order chi connectivity index (χ1) is 14.2. The Kier molecular flexibility index (Phi) is 5.10. The molecule has 1 spiro atoms. The molecule has 7 nitrogen and oxygen atoms in total. The highest BCUT2D eigenvalue weighted by Gasteiger charge is 2.50. The van der Waals surface area contributed by atoms with Crippen molar-refractivity contribution in [2.24, 2.45) is 0 Å². The maximum absolute atomic E-state index is 12.8. The Morgan fingerprint density at radius 1 is 1.03 bits per heavy atom. The van der Waals surface area contributed by atoms with Crippen LogP contribution >= 0.6 is 0 Å². The summed E-state index contributed by atoms with van der Waals surface area (Å²) in [6.45, 7) is 0.560. The second-order valence-electron chi connectivity index (χ2n) is 8.72.